The quantitative estimate of drug-likeness (QED) is 0.771. The van der Waals surface area contributed by atoms with Crippen LogP contribution in [0.2, 0.25) is 0 Å². The van der Waals surface area contributed by atoms with Crippen LogP contribution >= 0.6 is 0 Å². The third-order valence-electron chi connectivity index (χ3n) is 3.52. The van der Waals surface area contributed by atoms with Crippen molar-refractivity contribution in [2.24, 2.45) is 0 Å². The summed E-state index contributed by atoms with van der Waals surface area (Å²) in [6, 6.07) is 12.1. The van der Waals surface area contributed by atoms with E-state index in [1.54, 1.807) is 19.2 Å². The molecule has 1 heterocycles. The number of carboxylic acid groups (broad SMARTS) is 1. The van der Waals surface area contributed by atoms with Gasteiger partial charge in [-0.2, -0.15) is 0 Å². The number of carbonyl (C=O) groups is 1. The Morgan fingerprint density at radius 1 is 1.26 bits per heavy atom. The Morgan fingerprint density at radius 2 is 2.04 bits per heavy atom. The fourth-order valence-corrected chi connectivity index (χ4v) is 2.48. The highest BCUT2D eigenvalue weighted by atomic mass is 16.5. The Labute approximate surface area is 131 Å². The van der Waals surface area contributed by atoms with Crippen LogP contribution in [0.1, 0.15) is 21.7 Å². The number of methoxy groups -OCH3 is 1. The first-order valence-electron chi connectivity index (χ1n) is 6.96. The highest BCUT2D eigenvalue weighted by Crippen LogP contribution is 2.17. The van der Waals surface area contributed by atoms with E-state index >= 15 is 0 Å². The summed E-state index contributed by atoms with van der Waals surface area (Å²) in [5, 5.41) is 9.27. The van der Waals surface area contributed by atoms with Gasteiger partial charge in [0.15, 0.2) is 0 Å². The zero-order chi connectivity index (χ0) is 16.4. The first kappa shape index (κ1) is 14.8. The summed E-state index contributed by atoms with van der Waals surface area (Å²) in [5.74, 6) is 0.0422. The normalized spacial score (nSPS) is 10.7. The minimum absolute atomic E-state index is 0.0517. The van der Waals surface area contributed by atoms with Gasteiger partial charge in [-0.25, -0.2) is 9.78 Å². The van der Waals surface area contributed by atoms with Gasteiger partial charge in [0.2, 0.25) is 0 Å². The molecule has 6 heteroatoms. The number of hydrogen-bond donors (Lipinski definition) is 2. The Morgan fingerprint density at radius 3 is 2.78 bits per heavy atom. The third kappa shape index (κ3) is 2.91. The van der Waals surface area contributed by atoms with Gasteiger partial charge in [0.25, 0.3) is 5.56 Å². The van der Waals surface area contributed by atoms with E-state index in [9.17, 15) is 14.7 Å². The van der Waals surface area contributed by atoms with Crippen LogP contribution in [0.5, 0.6) is 5.75 Å². The van der Waals surface area contributed by atoms with Crippen LogP contribution in [0.3, 0.4) is 0 Å². The van der Waals surface area contributed by atoms with E-state index in [1.807, 2.05) is 24.3 Å². The molecule has 116 valence electrons. The van der Waals surface area contributed by atoms with E-state index in [4.69, 9.17) is 4.74 Å². The molecule has 0 unspecified atom stereocenters. The van der Waals surface area contributed by atoms with Crippen molar-refractivity contribution in [3.8, 4) is 5.75 Å². The van der Waals surface area contributed by atoms with Crippen molar-refractivity contribution in [1.82, 2.24) is 9.97 Å². The summed E-state index contributed by atoms with van der Waals surface area (Å²) in [6.45, 7) is 0. The van der Waals surface area contributed by atoms with Crippen LogP contribution in [0.25, 0.3) is 10.9 Å². The van der Waals surface area contributed by atoms with Crippen molar-refractivity contribution >= 4 is 16.9 Å². The summed E-state index contributed by atoms with van der Waals surface area (Å²) >= 11 is 0. The van der Waals surface area contributed by atoms with E-state index in [-0.39, 0.29) is 10.9 Å². The molecule has 3 rings (SSSR count). The molecule has 0 saturated carbocycles. The molecule has 0 amide bonds. The maximum Gasteiger partial charge on any atom is 0.336 e. The molecule has 1 aromatic heterocycles. The second-order valence-electron chi connectivity index (χ2n) is 5.05. The zero-order valence-corrected chi connectivity index (χ0v) is 12.4. The fraction of sp³-hybridized carbons (Fsp3) is 0.118. The van der Waals surface area contributed by atoms with Gasteiger partial charge < -0.3 is 14.8 Å². The number of aromatic nitrogens is 2. The number of rotatable bonds is 4. The molecule has 0 aliphatic rings. The van der Waals surface area contributed by atoms with Gasteiger partial charge in [-0.05, 0) is 29.8 Å². The minimum Gasteiger partial charge on any atom is -0.497 e. The van der Waals surface area contributed by atoms with Gasteiger partial charge in [0, 0.05) is 6.42 Å². The molecule has 0 bridgehead atoms. The van der Waals surface area contributed by atoms with Crippen LogP contribution in [-0.4, -0.2) is 28.2 Å². The number of aromatic amines is 1. The standard InChI is InChI=1S/C17H14N2O4/c1-23-11-5-2-4-10(8-11)9-14-18-13-7-3-6-12(17(21)22)15(13)16(20)19-14/h2-8H,9H2,1H3,(H,21,22)(H,18,19,20). The number of carboxylic acids is 1. The van der Waals surface area contributed by atoms with Crippen LogP contribution in [-0.2, 0) is 6.42 Å². The molecule has 6 nitrogen and oxygen atoms in total. The largest absolute Gasteiger partial charge is 0.497 e. The van der Waals surface area contributed by atoms with Crippen molar-refractivity contribution in [3.05, 3.63) is 69.8 Å². The van der Waals surface area contributed by atoms with Gasteiger partial charge in [-0.1, -0.05) is 18.2 Å². The molecule has 2 N–H and O–H groups in total. The zero-order valence-electron chi connectivity index (χ0n) is 12.4. The number of hydrogen-bond acceptors (Lipinski definition) is 4. The van der Waals surface area contributed by atoms with Crippen LogP contribution < -0.4 is 10.3 Å². The summed E-state index contributed by atoms with van der Waals surface area (Å²) < 4.78 is 5.17. The lowest BCUT2D eigenvalue weighted by Gasteiger charge is -2.06. The van der Waals surface area contributed by atoms with E-state index in [2.05, 4.69) is 9.97 Å². The highest BCUT2D eigenvalue weighted by molar-refractivity contribution is 6.02. The maximum absolute atomic E-state index is 12.3. The Balaban J connectivity index is 2.06. The van der Waals surface area contributed by atoms with Crippen molar-refractivity contribution in [2.45, 2.75) is 6.42 Å². The summed E-state index contributed by atoms with van der Waals surface area (Å²) in [5.41, 5.74) is 0.794. The average molecular weight is 310 g/mol. The van der Waals surface area contributed by atoms with Crippen molar-refractivity contribution in [2.75, 3.05) is 7.11 Å². The number of nitrogens with zero attached hydrogens (tertiary/aromatic N) is 1. The highest BCUT2D eigenvalue weighted by Gasteiger charge is 2.13. The van der Waals surface area contributed by atoms with Gasteiger partial charge in [-0.3, -0.25) is 4.79 Å². The molecule has 0 saturated heterocycles. The van der Waals surface area contributed by atoms with Crippen LogP contribution in [0.15, 0.2) is 47.3 Å². The molecule has 0 radical (unpaired) electrons. The lowest BCUT2D eigenvalue weighted by Crippen LogP contribution is -2.15. The second kappa shape index (κ2) is 5.92. The molecular weight excluding hydrogens is 296 g/mol. The number of nitrogens with one attached hydrogen (secondary N) is 1. The minimum atomic E-state index is -1.15. The molecular formula is C17H14N2O4. The molecule has 0 aliphatic carbocycles. The van der Waals surface area contributed by atoms with Gasteiger partial charge >= 0.3 is 5.97 Å². The molecule has 3 aromatic rings. The second-order valence-corrected chi connectivity index (χ2v) is 5.05. The lowest BCUT2D eigenvalue weighted by molar-refractivity contribution is 0.0699. The van der Waals surface area contributed by atoms with E-state index in [1.165, 1.54) is 6.07 Å². The SMILES string of the molecule is COc1cccc(Cc2nc3cccc(C(=O)O)c3c(=O)[nH]2)c1. The summed E-state index contributed by atoms with van der Waals surface area (Å²) in [7, 11) is 1.59. The lowest BCUT2D eigenvalue weighted by atomic mass is 10.1. The monoisotopic (exact) mass is 310 g/mol. The summed E-state index contributed by atoms with van der Waals surface area (Å²) in [4.78, 5) is 30.5. The summed E-state index contributed by atoms with van der Waals surface area (Å²) in [6.07, 6.45) is 0.416. The predicted octanol–water partition coefficient (Wildman–Crippen LogP) is 2.22. The van der Waals surface area contributed by atoms with Crippen molar-refractivity contribution in [3.63, 3.8) is 0 Å². The molecule has 0 aliphatic heterocycles. The molecule has 23 heavy (non-hydrogen) atoms. The predicted molar refractivity (Wildman–Crippen MR) is 85.1 cm³/mol. The molecule has 0 atom stereocenters. The molecule has 2 aromatic carbocycles. The number of ether oxygens (including phenoxy) is 1. The Bertz CT molecular complexity index is 947. The fourth-order valence-electron chi connectivity index (χ4n) is 2.48. The Hall–Kier alpha value is -3.15. The number of fused-ring (bicyclic) bond motifs is 1. The third-order valence-corrected chi connectivity index (χ3v) is 3.52. The van der Waals surface area contributed by atoms with Gasteiger partial charge in [0.05, 0.1) is 23.6 Å². The number of aromatic carboxylic acids is 1. The van der Waals surface area contributed by atoms with E-state index < -0.39 is 11.5 Å². The average Bonchev–Trinajstić information content (AvgIpc) is 2.54. The smallest absolute Gasteiger partial charge is 0.336 e. The Kier molecular flexibility index (Phi) is 3.80. The van der Waals surface area contributed by atoms with Crippen LogP contribution in [0, 0.1) is 0 Å². The topological polar surface area (TPSA) is 92.3 Å². The van der Waals surface area contributed by atoms with Crippen molar-refractivity contribution < 1.29 is 14.6 Å². The first-order valence-corrected chi connectivity index (χ1v) is 6.96. The van der Waals surface area contributed by atoms with Gasteiger partial charge in [-0.15, -0.1) is 0 Å². The number of benzene rings is 2. The molecule has 0 fully saturated rings. The van der Waals surface area contributed by atoms with Gasteiger partial charge in [0.1, 0.15) is 11.6 Å². The van der Waals surface area contributed by atoms with Crippen molar-refractivity contribution in [1.29, 1.82) is 0 Å². The van der Waals surface area contributed by atoms with E-state index in [0.29, 0.717) is 17.8 Å². The maximum atomic E-state index is 12.3. The first-order chi connectivity index (χ1) is 11.1. The number of H-pyrrole nitrogens is 1. The molecule has 0 spiro atoms. The van der Waals surface area contributed by atoms with E-state index in [0.717, 1.165) is 11.3 Å². The van der Waals surface area contributed by atoms with Crippen LogP contribution in [0.4, 0.5) is 0 Å².